The van der Waals surface area contributed by atoms with Gasteiger partial charge in [0.1, 0.15) is 24.5 Å². The maximum atomic E-state index is 12.8. The minimum absolute atomic E-state index is 0.267. The first-order valence-corrected chi connectivity index (χ1v) is 6.29. The molecule has 0 saturated heterocycles. The third-order valence-electron chi connectivity index (χ3n) is 2.89. The fourth-order valence-electron chi connectivity index (χ4n) is 1.87. The lowest BCUT2D eigenvalue weighted by Gasteiger charge is -2.11. The molecule has 2 rings (SSSR count). The SMILES string of the molecule is C=CCc1cc(C=O)ccc1OCc1ccc(F)cc1. The molecule has 0 atom stereocenters. The van der Waals surface area contributed by atoms with E-state index in [1.807, 2.05) is 0 Å². The fourth-order valence-corrected chi connectivity index (χ4v) is 1.87. The summed E-state index contributed by atoms with van der Waals surface area (Å²) in [4.78, 5) is 10.8. The van der Waals surface area contributed by atoms with Gasteiger partial charge in [0.05, 0.1) is 0 Å². The number of hydrogen-bond donors (Lipinski definition) is 0. The molecule has 0 unspecified atom stereocenters. The summed E-state index contributed by atoms with van der Waals surface area (Å²) in [7, 11) is 0. The molecule has 0 heterocycles. The Hall–Kier alpha value is -2.42. The number of ether oxygens (including phenoxy) is 1. The van der Waals surface area contributed by atoms with Crippen LogP contribution in [0.2, 0.25) is 0 Å². The van der Waals surface area contributed by atoms with Crippen LogP contribution >= 0.6 is 0 Å². The van der Waals surface area contributed by atoms with Crippen molar-refractivity contribution >= 4 is 6.29 Å². The van der Waals surface area contributed by atoms with Gasteiger partial charge in [-0.1, -0.05) is 18.2 Å². The molecule has 0 bridgehead atoms. The molecule has 102 valence electrons. The van der Waals surface area contributed by atoms with Crippen molar-refractivity contribution in [2.45, 2.75) is 13.0 Å². The highest BCUT2D eigenvalue weighted by Crippen LogP contribution is 2.22. The van der Waals surface area contributed by atoms with Crippen molar-refractivity contribution in [3.05, 3.63) is 77.6 Å². The maximum absolute atomic E-state index is 12.8. The van der Waals surface area contributed by atoms with Crippen LogP contribution in [-0.2, 0) is 13.0 Å². The van der Waals surface area contributed by atoms with Gasteiger partial charge in [-0.05, 0) is 47.9 Å². The molecular weight excluding hydrogens is 255 g/mol. The topological polar surface area (TPSA) is 26.3 Å². The van der Waals surface area contributed by atoms with E-state index in [9.17, 15) is 9.18 Å². The zero-order valence-corrected chi connectivity index (χ0v) is 11.0. The second-order valence-electron chi connectivity index (χ2n) is 4.39. The zero-order valence-electron chi connectivity index (χ0n) is 11.0. The molecule has 0 spiro atoms. The Labute approximate surface area is 117 Å². The molecular formula is C17H15FO2. The number of aldehydes is 1. The normalized spacial score (nSPS) is 10.1. The Morgan fingerprint density at radius 2 is 1.90 bits per heavy atom. The van der Waals surface area contributed by atoms with Gasteiger partial charge in [0, 0.05) is 5.56 Å². The van der Waals surface area contributed by atoms with Gasteiger partial charge in [-0.25, -0.2) is 4.39 Å². The first kappa shape index (κ1) is 14.0. The average Bonchev–Trinajstić information content (AvgIpc) is 2.48. The van der Waals surface area contributed by atoms with E-state index in [-0.39, 0.29) is 5.82 Å². The Bertz CT molecular complexity index is 603. The van der Waals surface area contributed by atoms with Gasteiger partial charge in [0.2, 0.25) is 0 Å². The van der Waals surface area contributed by atoms with Crippen molar-refractivity contribution < 1.29 is 13.9 Å². The van der Waals surface area contributed by atoms with Gasteiger partial charge >= 0.3 is 0 Å². The number of benzene rings is 2. The first-order chi connectivity index (χ1) is 9.72. The molecule has 0 amide bonds. The molecule has 0 radical (unpaired) electrons. The lowest BCUT2D eigenvalue weighted by atomic mass is 10.1. The molecule has 2 aromatic carbocycles. The molecule has 0 saturated carbocycles. The van der Waals surface area contributed by atoms with E-state index >= 15 is 0 Å². The predicted molar refractivity (Wildman–Crippen MR) is 76.5 cm³/mol. The monoisotopic (exact) mass is 270 g/mol. The predicted octanol–water partition coefficient (Wildman–Crippen LogP) is 3.95. The summed E-state index contributed by atoms with van der Waals surface area (Å²) < 4.78 is 18.5. The highest BCUT2D eigenvalue weighted by atomic mass is 19.1. The molecule has 0 aliphatic heterocycles. The smallest absolute Gasteiger partial charge is 0.150 e. The molecule has 2 aromatic rings. The van der Waals surface area contributed by atoms with E-state index in [1.165, 1.54) is 12.1 Å². The third-order valence-corrected chi connectivity index (χ3v) is 2.89. The van der Waals surface area contributed by atoms with Gasteiger partial charge in [-0.3, -0.25) is 4.79 Å². The van der Waals surface area contributed by atoms with Gasteiger partial charge in [0.25, 0.3) is 0 Å². The van der Waals surface area contributed by atoms with Gasteiger partial charge in [-0.2, -0.15) is 0 Å². The number of rotatable bonds is 6. The van der Waals surface area contributed by atoms with Crippen molar-refractivity contribution in [3.63, 3.8) is 0 Å². The van der Waals surface area contributed by atoms with Crippen molar-refractivity contribution in [1.82, 2.24) is 0 Å². The molecule has 20 heavy (non-hydrogen) atoms. The molecule has 3 heteroatoms. The van der Waals surface area contributed by atoms with Gasteiger partial charge in [-0.15, -0.1) is 6.58 Å². The highest BCUT2D eigenvalue weighted by Gasteiger charge is 2.05. The van der Waals surface area contributed by atoms with Crippen molar-refractivity contribution in [2.75, 3.05) is 0 Å². The van der Waals surface area contributed by atoms with Crippen LogP contribution in [0.3, 0.4) is 0 Å². The lowest BCUT2D eigenvalue weighted by Crippen LogP contribution is -1.99. The molecule has 2 nitrogen and oxygen atoms in total. The van der Waals surface area contributed by atoms with Crippen LogP contribution in [0, 0.1) is 5.82 Å². The Balaban J connectivity index is 2.13. The third kappa shape index (κ3) is 3.54. The van der Waals surface area contributed by atoms with Crippen LogP contribution in [0.4, 0.5) is 4.39 Å². The van der Waals surface area contributed by atoms with Gasteiger partial charge in [0.15, 0.2) is 0 Å². The van der Waals surface area contributed by atoms with Crippen LogP contribution < -0.4 is 4.74 Å². The van der Waals surface area contributed by atoms with Crippen LogP contribution in [-0.4, -0.2) is 6.29 Å². The summed E-state index contributed by atoms with van der Waals surface area (Å²) >= 11 is 0. The van der Waals surface area contributed by atoms with Crippen molar-refractivity contribution in [2.24, 2.45) is 0 Å². The first-order valence-electron chi connectivity index (χ1n) is 6.29. The molecule has 0 aliphatic rings. The fraction of sp³-hybridized carbons (Fsp3) is 0.118. The highest BCUT2D eigenvalue weighted by molar-refractivity contribution is 5.75. The summed E-state index contributed by atoms with van der Waals surface area (Å²) in [6, 6.07) is 11.4. The number of carbonyl (C=O) groups excluding carboxylic acids is 1. The second kappa shape index (κ2) is 6.66. The van der Waals surface area contributed by atoms with Crippen LogP contribution in [0.5, 0.6) is 5.75 Å². The standard InChI is InChI=1S/C17H15FO2/c1-2-3-15-10-14(11-19)6-9-17(15)20-12-13-4-7-16(18)8-5-13/h2,4-11H,1,3,12H2. The van der Waals surface area contributed by atoms with Crippen molar-refractivity contribution in [1.29, 1.82) is 0 Å². The Morgan fingerprint density at radius 3 is 2.55 bits per heavy atom. The van der Waals surface area contributed by atoms with E-state index in [1.54, 1.807) is 36.4 Å². The molecule has 0 fully saturated rings. The molecule has 0 aromatic heterocycles. The van der Waals surface area contributed by atoms with E-state index in [0.29, 0.717) is 24.3 Å². The van der Waals surface area contributed by atoms with Crippen LogP contribution in [0.25, 0.3) is 0 Å². The minimum Gasteiger partial charge on any atom is -0.489 e. The number of carbonyl (C=O) groups is 1. The number of halogens is 1. The molecule has 0 aliphatic carbocycles. The summed E-state index contributed by atoms with van der Waals surface area (Å²) in [5.74, 6) is 0.441. The quantitative estimate of drug-likeness (QED) is 0.587. The number of allylic oxidation sites excluding steroid dienone is 1. The summed E-state index contributed by atoms with van der Waals surface area (Å²) in [6.07, 6.45) is 3.19. The Kier molecular flexibility index (Phi) is 4.66. The largest absolute Gasteiger partial charge is 0.489 e. The van der Waals surface area contributed by atoms with Crippen molar-refractivity contribution in [3.8, 4) is 5.75 Å². The van der Waals surface area contributed by atoms with E-state index in [0.717, 1.165) is 17.4 Å². The summed E-state index contributed by atoms with van der Waals surface area (Å²) in [6.45, 7) is 4.05. The average molecular weight is 270 g/mol. The maximum Gasteiger partial charge on any atom is 0.150 e. The zero-order chi connectivity index (χ0) is 14.4. The lowest BCUT2D eigenvalue weighted by molar-refractivity contribution is 0.112. The van der Waals surface area contributed by atoms with E-state index in [2.05, 4.69) is 6.58 Å². The van der Waals surface area contributed by atoms with Gasteiger partial charge < -0.3 is 4.74 Å². The summed E-state index contributed by atoms with van der Waals surface area (Å²) in [5, 5.41) is 0. The van der Waals surface area contributed by atoms with E-state index in [4.69, 9.17) is 4.74 Å². The Morgan fingerprint density at radius 1 is 1.15 bits per heavy atom. The number of hydrogen-bond acceptors (Lipinski definition) is 2. The van der Waals surface area contributed by atoms with Crippen LogP contribution in [0.15, 0.2) is 55.1 Å². The van der Waals surface area contributed by atoms with Crippen LogP contribution in [0.1, 0.15) is 21.5 Å². The summed E-state index contributed by atoms with van der Waals surface area (Å²) in [5.41, 5.74) is 2.40. The molecule has 0 N–H and O–H groups in total. The van der Waals surface area contributed by atoms with E-state index < -0.39 is 0 Å². The minimum atomic E-state index is -0.267. The second-order valence-corrected chi connectivity index (χ2v) is 4.39.